The molecule has 0 aliphatic carbocycles. The molecule has 7 heteroatoms. The number of aromatic nitrogens is 5. The molecule has 4 aromatic rings. The summed E-state index contributed by atoms with van der Waals surface area (Å²) in [6.07, 6.45) is 3.43. The predicted octanol–water partition coefficient (Wildman–Crippen LogP) is 2.67. The van der Waals surface area contributed by atoms with Gasteiger partial charge in [-0.1, -0.05) is 12.1 Å². The summed E-state index contributed by atoms with van der Waals surface area (Å²) in [6, 6.07) is 14.5. The summed E-state index contributed by atoms with van der Waals surface area (Å²) in [7, 11) is 1.89. The maximum Gasteiger partial charge on any atom is 0.297 e. The lowest BCUT2D eigenvalue weighted by atomic mass is 10.2. The number of ether oxygens (including phenoxy) is 2. The maximum absolute atomic E-state index is 5.91. The van der Waals surface area contributed by atoms with E-state index in [9.17, 15) is 0 Å². The molecule has 130 valence electrons. The number of hydrogen-bond acceptors (Lipinski definition) is 5. The lowest BCUT2D eigenvalue weighted by molar-refractivity contribution is 0.143. The molecule has 0 spiro atoms. The van der Waals surface area contributed by atoms with Crippen molar-refractivity contribution in [3.8, 4) is 23.1 Å². The van der Waals surface area contributed by atoms with Gasteiger partial charge in [0, 0.05) is 13.2 Å². The van der Waals surface area contributed by atoms with E-state index in [-0.39, 0.29) is 6.10 Å². The second kappa shape index (κ2) is 5.87. The molecule has 0 saturated carbocycles. The van der Waals surface area contributed by atoms with Crippen LogP contribution in [0.1, 0.15) is 0 Å². The van der Waals surface area contributed by atoms with Crippen LogP contribution in [0.25, 0.3) is 22.4 Å². The number of fused-ring (bicyclic) bond motifs is 3. The Morgan fingerprint density at radius 1 is 1.19 bits per heavy atom. The third kappa shape index (κ3) is 2.48. The van der Waals surface area contributed by atoms with Crippen LogP contribution in [0, 0.1) is 0 Å². The number of rotatable bonds is 4. The number of benzene rings is 1. The first-order valence-corrected chi connectivity index (χ1v) is 8.47. The molecule has 5 rings (SSSR count). The van der Waals surface area contributed by atoms with Gasteiger partial charge in [0.05, 0.1) is 35.2 Å². The number of pyridine rings is 1. The second-order valence-corrected chi connectivity index (χ2v) is 6.26. The standard InChI is InChI=1S/C19H17N5O2/c1-23-17(8-9-21-23)15-7-6-13(10-20-15)25-12-14-11-24-18-5-3-2-4-16(18)22-19(24)26-14/h2-10,14H,11-12H2,1H3/t14-/m0/s1. The molecule has 0 unspecified atom stereocenters. The predicted molar refractivity (Wildman–Crippen MR) is 96.1 cm³/mol. The molecule has 0 fully saturated rings. The monoisotopic (exact) mass is 347 g/mol. The molecule has 1 aromatic carbocycles. The minimum absolute atomic E-state index is 0.0566. The molecule has 0 bridgehead atoms. The summed E-state index contributed by atoms with van der Waals surface area (Å²) in [5, 5.41) is 4.16. The fourth-order valence-electron chi connectivity index (χ4n) is 3.23. The topological polar surface area (TPSA) is 67.0 Å². The molecule has 1 atom stereocenters. The van der Waals surface area contributed by atoms with Gasteiger partial charge in [-0.25, -0.2) is 0 Å². The smallest absolute Gasteiger partial charge is 0.297 e. The van der Waals surface area contributed by atoms with E-state index in [1.165, 1.54) is 0 Å². The fraction of sp³-hybridized carbons (Fsp3) is 0.211. The van der Waals surface area contributed by atoms with Crippen LogP contribution in [0.2, 0.25) is 0 Å². The Kier molecular flexibility index (Phi) is 3.38. The van der Waals surface area contributed by atoms with Crippen molar-refractivity contribution < 1.29 is 9.47 Å². The summed E-state index contributed by atoms with van der Waals surface area (Å²) in [6.45, 7) is 1.18. The molecule has 7 nitrogen and oxygen atoms in total. The molecule has 1 aliphatic heterocycles. The van der Waals surface area contributed by atoms with Crippen molar-refractivity contribution in [2.45, 2.75) is 12.6 Å². The maximum atomic E-state index is 5.91. The van der Waals surface area contributed by atoms with Gasteiger partial charge < -0.3 is 9.47 Å². The third-order valence-electron chi connectivity index (χ3n) is 4.53. The molecular formula is C19H17N5O2. The zero-order chi connectivity index (χ0) is 17.5. The second-order valence-electron chi connectivity index (χ2n) is 6.26. The van der Waals surface area contributed by atoms with Crippen LogP contribution in [0.4, 0.5) is 0 Å². The van der Waals surface area contributed by atoms with Crippen LogP contribution >= 0.6 is 0 Å². The van der Waals surface area contributed by atoms with Gasteiger partial charge >= 0.3 is 0 Å². The Bertz CT molecular complexity index is 1070. The number of aryl methyl sites for hydroxylation is 1. The van der Waals surface area contributed by atoms with Gasteiger partial charge in [-0.15, -0.1) is 0 Å². The average Bonchev–Trinajstić information content (AvgIpc) is 3.34. The molecule has 1 aliphatic rings. The molecular weight excluding hydrogens is 330 g/mol. The van der Waals surface area contributed by atoms with Crippen LogP contribution in [0.3, 0.4) is 0 Å². The lowest BCUT2D eigenvalue weighted by Crippen LogP contribution is -2.23. The van der Waals surface area contributed by atoms with E-state index in [1.807, 2.05) is 43.4 Å². The number of nitrogens with zero attached hydrogens (tertiary/aromatic N) is 5. The number of para-hydroxylation sites is 2. The highest BCUT2D eigenvalue weighted by Crippen LogP contribution is 2.28. The highest BCUT2D eigenvalue weighted by molar-refractivity contribution is 5.76. The van der Waals surface area contributed by atoms with E-state index in [0.717, 1.165) is 29.0 Å². The Morgan fingerprint density at radius 3 is 2.92 bits per heavy atom. The summed E-state index contributed by atoms with van der Waals surface area (Å²) in [5.41, 5.74) is 3.87. The molecule has 0 radical (unpaired) electrons. The highest BCUT2D eigenvalue weighted by atomic mass is 16.6. The molecule has 3 aromatic heterocycles. The largest absolute Gasteiger partial charge is 0.488 e. The Labute approximate surface area is 149 Å². The minimum atomic E-state index is -0.0566. The highest BCUT2D eigenvalue weighted by Gasteiger charge is 2.26. The van der Waals surface area contributed by atoms with E-state index in [0.29, 0.717) is 18.4 Å². The van der Waals surface area contributed by atoms with E-state index in [2.05, 4.69) is 25.7 Å². The van der Waals surface area contributed by atoms with Gasteiger partial charge in [0.2, 0.25) is 0 Å². The van der Waals surface area contributed by atoms with Gasteiger partial charge in [0.15, 0.2) is 6.10 Å². The average molecular weight is 347 g/mol. The van der Waals surface area contributed by atoms with Gasteiger partial charge in [-0.05, 0) is 30.3 Å². The van der Waals surface area contributed by atoms with Crippen LogP contribution < -0.4 is 9.47 Å². The zero-order valence-electron chi connectivity index (χ0n) is 14.2. The van der Waals surface area contributed by atoms with Gasteiger partial charge in [-0.3, -0.25) is 14.2 Å². The van der Waals surface area contributed by atoms with Crippen molar-refractivity contribution in [1.29, 1.82) is 0 Å². The van der Waals surface area contributed by atoms with E-state index >= 15 is 0 Å². The van der Waals surface area contributed by atoms with Gasteiger partial charge in [0.25, 0.3) is 6.01 Å². The SMILES string of the molecule is Cn1nccc1-c1ccc(OC[C@@H]2Cn3c(nc4ccccc43)O2)cn1. The quantitative estimate of drug-likeness (QED) is 0.568. The van der Waals surface area contributed by atoms with E-state index in [4.69, 9.17) is 9.47 Å². The van der Waals surface area contributed by atoms with E-state index in [1.54, 1.807) is 17.1 Å². The molecule has 0 N–H and O–H groups in total. The minimum Gasteiger partial charge on any atom is -0.488 e. The summed E-state index contributed by atoms with van der Waals surface area (Å²) < 4.78 is 15.6. The molecule has 4 heterocycles. The van der Waals surface area contributed by atoms with E-state index < -0.39 is 0 Å². The molecule has 0 saturated heterocycles. The van der Waals surface area contributed by atoms with Crippen molar-refractivity contribution in [2.75, 3.05) is 6.61 Å². The van der Waals surface area contributed by atoms with Crippen LogP contribution in [-0.4, -0.2) is 37.0 Å². The first kappa shape index (κ1) is 14.9. The first-order valence-electron chi connectivity index (χ1n) is 8.47. The number of imidazole rings is 1. The fourth-order valence-corrected chi connectivity index (χ4v) is 3.23. The normalized spacial score (nSPS) is 15.8. The Hall–Kier alpha value is -3.35. The number of hydrogen-bond donors (Lipinski definition) is 0. The lowest BCUT2D eigenvalue weighted by Gasteiger charge is -2.11. The first-order chi connectivity index (χ1) is 12.8. The summed E-state index contributed by atoms with van der Waals surface area (Å²) >= 11 is 0. The van der Waals surface area contributed by atoms with Crippen LogP contribution in [0.5, 0.6) is 11.8 Å². The van der Waals surface area contributed by atoms with Gasteiger partial charge in [0.1, 0.15) is 12.4 Å². The Morgan fingerprint density at radius 2 is 2.12 bits per heavy atom. The Balaban J connectivity index is 1.25. The van der Waals surface area contributed by atoms with Gasteiger partial charge in [-0.2, -0.15) is 10.1 Å². The van der Waals surface area contributed by atoms with Crippen molar-refractivity contribution >= 4 is 11.0 Å². The van der Waals surface area contributed by atoms with Crippen molar-refractivity contribution in [3.63, 3.8) is 0 Å². The van der Waals surface area contributed by atoms with Crippen molar-refractivity contribution in [1.82, 2.24) is 24.3 Å². The van der Waals surface area contributed by atoms with Crippen molar-refractivity contribution in [3.05, 3.63) is 54.9 Å². The third-order valence-corrected chi connectivity index (χ3v) is 4.53. The molecule has 26 heavy (non-hydrogen) atoms. The summed E-state index contributed by atoms with van der Waals surface area (Å²) in [4.78, 5) is 8.96. The van der Waals surface area contributed by atoms with Crippen molar-refractivity contribution in [2.24, 2.45) is 7.05 Å². The zero-order valence-corrected chi connectivity index (χ0v) is 14.2. The van der Waals surface area contributed by atoms with Crippen LogP contribution in [0.15, 0.2) is 54.9 Å². The summed E-state index contributed by atoms with van der Waals surface area (Å²) in [5.74, 6) is 0.717. The molecule has 0 amide bonds. The van der Waals surface area contributed by atoms with Crippen LogP contribution in [-0.2, 0) is 13.6 Å².